The maximum atomic E-state index is 12.7. The number of hydrogen-bond donors (Lipinski definition) is 2. The van der Waals surface area contributed by atoms with Crippen molar-refractivity contribution in [1.29, 1.82) is 0 Å². The van der Waals surface area contributed by atoms with E-state index in [9.17, 15) is 14.7 Å². The molecule has 7 heteroatoms. The molecule has 6 nitrogen and oxygen atoms in total. The highest BCUT2D eigenvalue weighted by molar-refractivity contribution is 7.13. The molecule has 2 N–H and O–H groups in total. The summed E-state index contributed by atoms with van der Waals surface area (Å²) < 4.78 is 5.06. The van der Waals surface area contributed by atoms with Gasteiger partial charge in [-0.15, -0.1) is 11.3 Å². The molecule has 1 atom stereocenters. The molecule has 140 valence electrons. The minimum Gasteiger partial charge on any atom is -0.481 e. The molecule has 0 saturated carbocycles. The lowest BCUT2D eigenvalue weighted by atomic mass is 9.99. The standard InChI is InChI=1S/C20H20N2O4S/c1-12-19(27-17(21-12)11-26-2)20(25)22-16(10-18(23)24)15-8-7-13-5-3-4-6-14(13)9-15/h3-9,16H,10-11H2,1-2H3,(H,22,25)(H,23,24)/t16-/m0/s1. The predicted octanol–water partition coefficient (Wildman–Crippen LogP) is 3.70. The topological polar surface area (TPSA) is 88.5 Å². The van der Waals surface area contributed by atoms with Gasteiger partial charge in [0.1, 0.15) is 9.88 Å². The van der Waals surface area contributed by atoms with E-state index in [4.69, 9.17) is 4.74 Å². The van der Waals surface area contributed by atoms with Crippen molar-refractivity contribution in [2.75, 3.05) is 7.11 Å². The molecule has 1 aromatic heterocycles. The first-order chi connectivity index (χ1) is 13.0. The van der Waals surface area contributed by atoms with Gasteiger partial charge in [0.25, 0.3) is 5.91 Å². The molecular weight excluding hydrogens is 364 g/mol. The van der Waals surface area contributed by atoms with Crippen molar-refractivity contribution in [2.24, 2.45) is 0 Å². The lowest BCUT2D eigenvalue weighted by molar-refractivity contribution is -0.137. The molecular formula is C20H20N2O4S. The summed E-state index contributed by atoms with van der Waals surface area (Å²) in [5.41, 5.74) is 1.36. The van der Waals surface area contributed by atoms with Gasteiger partial charge in [-0.1, -0.05) is 36.4 Å². The number of nitrogens with one attached hydrogen (secondary N) is 1. The molecule has 0 radical (unpaired) electrons. The number of carbonyl (C=O) groups is 2. The van der Waals surface area contributed by atoms with E-state index in [0.29, 0.717) is 22.2 Å². The third-order valence-corrected chi connectivity index (χ3v) is 5.30. The van der Waals surface area contributed by atoms with Gasteiger partial charge in [-0.25, -0.2) is 4.98 Å². The summed E-state index contributed by atoms with van der Waals surface area (Å²) in [6, 6.07) is 12.9. The summed E-state index contributed by atoms with van der Waals surface area (Å²) in [5.74, 6) is -1.30. The number of aryl methyl sites for hydroxylation is 1. The Bertz CT molecular complexity index is 983. The van der Waals surface area contributed by atoms with Crippen molar-refractivity contribution >= 4 is 34.0 Å². The number of carboxylic acids is 1. The summed E-state index contributed by atoms with van der Waals surface area (Å²) >= 11 is 1.26. The number of ether oxygens (including phenoxy) is 1. The normalized spacial score (nSPS) is 12.1. The highest BCUT2D eigenvalue weighted by atomic mass is 32.1. The number of hydrogen-bond acceptors (Lipinski definition) is 5. The largest absolute Gasteiger partial charge is 0.481 e. The lowest BCUT2D eigenvalue weighted by Crippen LogP contribution is -2.30. The number of carboxylic acid groups (broad SMARTS) is 1. The van der Waals surface area contributed by atoms with E-state index < -0.39 is 12.0 Å². The number of aliphatic carboxylic acids is 1. The van der Waals surface area contributed by atoms with Gasteiger partial charge in [-0.05, 0) is 29.3 Å². The van der Waals surface area contributed by atoms with Gasteiger partial charge >= 0.3 is 5.97 Å². The maximum absolute atomic E-state index is 12.7. The minimum atomic E-state index is -0.977. The average molecular weight is 384 g/mol. The average Bonchev–Trinajstić information content (AvgIpc) is 3.01. The fourth-order valence-electron chi connectivity index (χ4n) is 2.92. The monoisotopic (exact) mass is 384 g/mol. The highest BCUT2D eigenvalue weighted by Crippen LogP contribution is 2.25. The molecule has 0 fully saturated rings. The molecule has 1 amide bonds. The highest BCUT2D eigenvalue weighted by Gasteiger charge is 2.22. The van der Waals surface area contributed by atoms with Crippen LogP contribution in [0.1, 0.15) is 38.4 Å². The predicted molar refractivity (Wildman–Crippen MR) is 104 cm³/mol. The van der Waals surface area contributed by atoms with Crippen molar-refractivity contribution in [2.45, 2.75) is 26.0 Å². The van der Waals surface area contributed by atoms with Crippen LogP contribution in [0.5, 0.6) is 0 Å². The SMILES string of the molecule is COCc1nc(C)c(C(=O)N[C@@H](CC(=O)O)c2ccc3ccccc3c2)s1. The van der Waals surface area contributed by atoms with E-state index in [2.05, 4.69) is 10.3 Å². The number of nitrogens with zero attached hydrogens (tertiary/aromatic N) is 1. The molecule has 27 heavy (non-hydrogen) atoms. The second-order valence-corrected chi connectivity index (χ2v) is 7.27. The second-order valence-electron chi connectivity index (χ2n) is 6.19. The molecule has 0 aliphatic carbocycles. The Morgan fingerprint density at radius 1 is 1.22 bits per heavy atom. The molecule has 2 aromatic carbocycles. The van der Waals surface area contributed by atoms with E-state index in [-0.39, 0.29) is 12.3 Å². The Morgan fingerprint density at radius 3 is 2.67 bits per heavy atom. The summed E-state index contributed by atoms with van der Waals surface area (Å²) in [7, 11) is 1.57. The van der Waals surface area contributed by atoms with Crippen LogP contribution in [0.2, 0.25) is 0 Å². The number of methoxy groups -OCH3 is 1. The van der Waals surface area contributed by atoms with E-state index in [0.717, 1.165) is 16.3 Å². The fraction of sp³-hybridized carbons (Fsp3) is 0.250. The number of rotatable bonds is 7. The van der Waals surface area contributed by atoms with E-state index in [1.54, 1.807) is 14.0 Å². The Morgan fingerprint density at radius 2 is 1.96 bits per heavy atom. The van der Waals surface area contributed by atoms with Crippen LogP contribution >= 0.6 is 11.3 Å². The Hall–Kier alpha value is -2.77. The van der Waals surface area contributed by atoms with Crippen molar-refractivity contribution in [1.82, 2.24) is 10.3 Å². The van der Waals surface area contributed by atoms with Gasteiger partial charge in [0.05, 0.1) is 24.8 Å². The van der Waals surface area contributed by atoms with Crippen LogP contribution in [0, 0.1) is 6.92 Å². The number of fused-ring (bicyclic) bond motifs is 1. The lowest BCUT2D eigenvalue weighted by Gasteiger charge is -2.18. The first-order valence-corrected chi connectivity index (χ1v) is 9.26. The van der Waals surface area contributed by atoms with Crippen LogP contribution in [0.25, 0.3) is 10.8 Å². The molecule has 0 aliphatic rings. The van der Waals surface area contributed by atoms with Crippen molar-refractivity contribution < 1.29 is 19.4 Å². The van der Waals surface area contributed by atoms with Gasteiger partial charge in [0.2, 0.25) is 0 Å². The number of amides is 1. The summed E-state index contributed by atoms with van der Waals surface area (Å²) in [6.07, 6.45) is -0.202. The Balaban J connectivity index is 1.88. The quantitative estimate of drug-likeness (QED) is 0.648. The van der Waals surface area contributed by atoms with Crippen molar-refractivity contribution in [3.63, 3.8) is 0 Å². The van der Waals surface area contributed by atoms with Crippen LogP contribution in [0.15, 0.2) is 42.5 Å². The summed E-state index contributed by atoms with van der Waals surface area (Å²) in [4.78, 5) is 28.9. The molecule has 0 spiro atoms. The Labute approximate surface area is 160 Å². The molecule has 0 bridgehead atoms. The summed E-state index contributed by atoms with van der Waals surface area (Å²) in [5, 5.41) is 14.9. The van der Waals surface area contributed by atoms with E-state index in [1.165, 1.54) is 11.3 Å². The smallest absolute Gasteiger partial charge is 0.305 e. The molecule has 3 rings (SSSR count). The van der Waals surface area contributed by atoms with Gasteiger partial charge in [-0.3, -0.25) is 9.59 Å². The van der Waals surface area contributed by atoms with Crippen LogP contribution in [0.3, 0.4) is 0 Å². The second kappa shape index (κ2) is 8.28. The number of carbonyl (C=O) groups excluding carboxylic acids is 1. The zero-order valence-electron chi connectivity index (χ0n) is 15.1. The maximum Gasteiger partial charge on any atom is 0.305 e. The molecule has 0 aliphatic heterocycles. The number of thiazole rings is 1. The molecule has 3 aromatic rings. The van der Waals surface area contributed by atoms with Gasteiger partial charge in [0.15, 0.2) is 0 Å². The van der Waals surface area contributed by atoms with Crippen LogP contribution in [0.4, 0.5) is 0 Å². The number of aromatic nitrogens is 1. The minimum absolute atomic E-state index is 0.202. The first-order valence-electron chi connectivity index (χ1n) is 8.44. The third kappa shape index (κ3) is 4.50. The Kier molecular flexibility index (Phi) is 5.83. The molecule has 1 heterocycles. The van der Waals surface area contributed by atoms with Gasteiger partial charge in [0, 0.05) is 7.11 Å². The van der Waals surface area contributed by atoms with Gasteiger partial charge < -0.3 is 15.2 Å². The third-order valence-electron chi connectivity index (χ3n) is 4.17. The zero-order valence-corrected chi connectivity index (χ0v) is 15.9. The van der Waals surface area contributed by atoms with Crippen LogP contribution < -0.4 is 5.32 Å². The number of benzene rings is 2. The van der Waals surface area contributed by atoms with Crippen LogP contribution in [-0.2, 0) is 16.1 Å². The van der Waals surface area contributed by atoms with E-state index >= 15 is 0 Å². The van der Waals surface area contributed by atoms with Crippen molar-refractivity contribution in [3.05, 3.63) is 63.6 Å². The first kappa shape index (κ1) is 19.0. The molecule has 0 unspecified atom stereocenters. The van der Waals surface area contributed by atoms with Crippen LogP contribution in [-0.4, -0.2) is 29.1 Å². The van der Waals surface area contributed by atoms with Crippen molar-refractivity contribution in [3.8, 4) is 0 Å². The van der Waals surface area contributed by atoms with E-state index in [1.807, 2.05) is 42.5 Å². The van der Waals surface area contributed by atoms with Gasteiger partial charge in [-0.2, -0.15) is 0 Å². The zero-order chi connectivity index (χ0) is 19.4. The molecule has 0 saturated heterocycles. The fourth-order valence-corrected chi connectivity index (χ4v) is 3.86. The summed E-state index contributed by atoms with van der Waals surface area (Å²) in [6.45, 7) is 2.09.